The van der Waals surface area contributed by atoms with Gasteiger partial charge in [0, 0.05) is 44.4 Å². The molecule has 3 aliphatic rings. The van der Waals surface area contributed by atoms with E-state index >= 15 is 0 Å². The first-order valence-corrected chi connectivity index (χ1v) is 9.19. The van der Waals surface area contributed by atoms with E-state index < -0.39 is 0 Å². The summed E-state index contributed by atoms with van der Waals surface area (Å²) in [5, 5.41) is 3.92. The first kappa shape index (κ1) is 15.8. The Morgan fingerprint density at radius 1 is 1.24 bits per heavy atom. The maximum absolute atomic E-state index is 5.54. The topological polar surface area (TPSA) is 24.5 Å². The summed E-state index contributed by atoms with van der Waals surface area (Å²) in [5.74, 6) is 2.57. The summed E-state index contributed by atoms with van der Waals surface area (Å²) in [6.45, 7) is 12.9. The number of hydrogen-bond donors (Lipinski definition) is 1. The molecular formula is C18H34N2O. The maximum atomic E-state index is 5.54. The summed E-state index contributed by atoms with van der Waals surface area (Å²) in [7, 11) is 0. The Kier molecular flexibility index (Phi) is 4.92. The second-order valence-corrected chi connectivity index (χ2v) is 8.01. The zero-order valence-corrected chi connectivity index (χ0v) is 14.2. The van der Waals surface area contributed by atoms with Crippen molar-refractivity contribution >= 4 is 0 Å². The minimum Gasteiger partial charge on any atom is -0.381 e. The molecule has 0 bridgehead atoms. The van der Waals surface area contributed by atoms with Crippen LogP contribution in [0.3, 0.4) is 0 Å². The molecule has 0 radical (unpaired) electrons. The molecule has 3 unspecified atom stereocenters. The third-order valence-corrected chi connectivity index (χ3v) is 6.33. The molecule has 0 amide bonds. The number of hydrogen-bond acceptors (Lipinski definition) is 3. The molecule has 2 heterocycles. The lowest BCUT2D eigenvalue weighted by atomic mass is 9.85. The third-order valence-electron chi connectivity index (χ3n) is 6.33. The number of piperazine rings is 1. The van der Waals surface area contributed by atoms with Crippen LogP contribution in [-0.4, -0.2) is 49.3 Å². The Balaban J connectivity index is 1.66. The average molecular weight is 294 g/mol. The SMILES string of the molecule is CCC(C)C1CNC(C)(C2CC2)CN1CC1CCOCC1. The zero-order chi connectivity index (χ0) is 14.9. The van der Waals surface area contributed by atoms with Crippen molar-refractivity contribution in [3.63, 3.8) is 0 Å². The van der Waals surface area contributed by atoms with Gasteiger partial charge in [0.1, 0.15) is 0 Å². The molecule has 1 saturated carbocycles. The molecule has 1 N–H and O–H groups in total. The average Bonchev–Trinajstić information content (AvgIpc) is 3.33. The first-order chi connectivity index (χ1) is 10.1. The van der Waals surface area contributed by atoms with Gasteiger partial charge in [0.2, 0.25) is 0 Å². The summed E-state index contributed by atoms with van der Waals surface area (Å²) in [4.78, 5) is 2.85. The van der Waals surface area contributed by atoms with E-state index in [0.717, 1.165) is 37.0 Å². The van der Waals surface area contributed by atoms with Crippen LogP contribution in [0.5, 0.6) is 0 Å². The molecule has 0 aromatic heterocycles. The van der Waals surface area contributed by atoms with Crippen LogP contribution in [0.2, 0.25) is 0 Å². The van der Waals surface area contributed by atoms with Crippen molar-refractivity contribution in [3.05, 3.63) is 0 Å². The van der Waals surface area contributed by atoms with Gasteiger partial charge in [0.25, 0.3) is 0 Å². The maximum Gasteiger partial charge on any atom is 0.0469 e. The zero-order valence-electron chi connectivity index (χ0n) is 14.2. The van der Waals surface area contributed by atoms with Gasteiger partial charge in [-0.1, -0.05) is 20.3 Å². The lowest BCUT2D eigenvalue weighted by Crippen LogP contribution is -2.65. The second-order valence-electron chi connectivity index (χ2n) is 8.01. The Bertz CT molecular complexity index is 338. The van der Waals surface area contributed by atoms with E-state index in [1.54, 1.807) is 0 Å². The molecule has 3 heteroatoms. The Morgan fingerprint density at radius 3 is 2.57 bits per heavy atom. The summed E-state index contributed by atoms with van der Waals surface area (Å²) in [5.41, 5.74) is 0.370. The van der Waals surface area contributed by atoms with Crippen LogP contribution in [-0.2, 0) is 4.74 Å². The van der Waals surface area contributed by atoms with Crippen LogP contribution in [0, 0.1) is 17.8 Å². The molecular weight excluding hydrogens is 260 g/mol. The van der Waals surface area contributed by atoms with Crippen LogP contribution >= 0.6 is 0 Å². The fraction of sp³-hybridized carbons (Fsp3) is 1.00. The normalized spacial score (nSPS) is 37.6. The minimum absolute atomic E-state index is 0.370. The highest BCUT2D eigenvalue weighted by Gasteiger charge is 2.46. The van der Waals surface area contributed by atoms with Gasteiger partial charge < -0.3 is 10.1 Å². The van der Waals surface area contributed by atoms with E-state index in [4.69, 9.17) is 4.74 Å². The minimum atomic E-state index is 0.370. The number of nitrogens with one attached hydrogen (secondary N) is 1. The molecule has 122 valence electrons. The van der Waals surface area contributed by atoms with Crippen molar-refractivity contribution < 1.29 is 4.74 Å². The number of nitrogens with zero attached hydrogens (tertiary/aromatic N) is 1. The van der Waals surface area contributed by atoms with Crippen molar-refractivity contribution in [1.82, 2.24) is 10.2 Å². The lowest BCUT2D eigenvalue weighted by molar-refractivity contribution is 0.00686. The molecule has 3 atom stereocenters. The molecule has 2 aliphatic heterocycles. The van der Waals surface area contributed by atoms with E-state index in [1.807, 2.05) is 0 Å². The van der Waals surface area contributed by atoms with Crippen LogP contribution in [0.25, 0.3) is 0 Å². The Hall–Kier alpha value is -0.120. The predicted octanol–water partition coefficient (Wildman–Crippen LogP) is 2.90. The second kappa shape index (κ2) is 6.55. The summed E-state index contributed by atoms with van der Waals surface area (Å²) in [6, 6.07) is 0.727. The molecule has 1 aliphatic carbocycles. The van der Waals surface area contributed by atoms with Gasteiger partial charge in [-0.05, 0) is 50.4 Å². The number of rotatable bonds is 5. The fourth-order valence-electron chi connectivity index (χ4n) is 4.35. The fourth-order valence-corrected chi connectivity index (χ4v) is 4.35. The smallest absolute Gasteiger partial charge is 0.0469 e. The molecule has 3 nitrogen and oxygen atoms in total. The van der Waals surface area contributed by atoms with E-state index in [2.05, 4.69) is 31.0 Å². The predicted molar refractivity (Wildman–Crippen MR) is 87.5 cm³/mol. The highest BCUT2D eigenvalue weighted by molar-refractivity contribution is 5.04. The molecule has 0 aromatic rings. The standard InChI is InChI=1S/C18H34N2O/c1-4-14(2)17-11-19-18(3,16-5-6-16)13-20(17)12-15-7-9-21-10-8-15/h14-17,19H,4-13H2,1-3H3. The van der Waals surface area contributed by atoms with Gasteiger partial charge in [0.05, 0.1) is 0 Å². The molecule has 3 rings (SSSR count). The summed E-state index contributed by atoms with van der Waals surface area (Å²) >= 11 is 0. The van der Waals surface area contributed by atoms with E-state index in [9.17, 15) is 0 Å². The van der Waals surface area contributed by atoms with Crippen molar-refractivity contribution in [1.29, 1.82) is 0 Å². The van der Waals surface area contributed by atoms with E-state index in [1.165, 1.54) is 51.7 Å². The van der Waals surface area contributed by atoms with Gasteiger partial charge >= 0.3 is 0 Å². The first-order valence-electron chi connectivity index (χ1n) is 9.19. The van der Waals surface area contributed by atoms with Gasteiger partial charge in [0.15, 0.2) is 0 Å². The Morgan fingerprint density at radius 2 is 1.95 bits per heavy atom. The van der Waals surface area contributed by atoms with Crippen LogP contribution < -0.4 is 5.32 Å². The highest BCUT2D eigenvalue weighted by atomic mass is 16.5. The van der Waals surface area contributed by atoms with Crippen molar-refractivity contribution in [2.45, 2.75) is 64.5 Å². The highest BCUT2D eigenvalue weighted by Crippen LogP contribution is 2.42. The van der Waals surface area contributed by atoms with E-state index in [-0.39, 0.29) is 0 Å². The van der Waals surface area contributed by atoms with Crippen LogP contribution in [0.15, 0.2) is 0 Å². The number of ether oxygens (including phenoxy) is 1. The largest absolute Gasteiger partial charge is 0.381 e. The summed E-state index contributed by atoms with van der Waals surface area (Å²) in [6.07, 6.45) is 6.68. The van der Waals surface area contributed by atoms with Gasteiger partial charge in [-0.2, -0.15) is 0 Å². The Labute approximate surface area is 130 Å². The van der Waals surface area contributed by atoms with Crippen LogP contribution in [0.4, 0.5) is 0 Å². The molecule has 3 fully saturated rings. The summed E-state index contributed by atoms with van der Waals surface area (Å²) < 4.78 is 5.54. The van der Waals surface area contributed by atoms with Crippen molar-refractivity contribution in [2.24, 2.45) is 17.8 Å². The molecule has 21 heavy (non-hydrogen) atoms. The molecule has 0 spiro atoms. The lowest BCUT2D eigenvalue weighted by Gasteiger charge is -2.49. The van der Waals surface area contributed by atoms with Crippen LogP contribution in [0.1, 0.15) is 52.9 Å². The van der Waals surface area contributed by atoms with E-state index in [0.29, 0.717) is 5.54 Å². The van der Waals surface area contributed by atoms with Gasteiger partial charge in [-0.25, -0.2) is 0 Å². The molecule has 2 saturated heterocycles. The van der Waals surface area contributed by atoms with Crippen molar-refractivity contribution in [2.75, 3.05) is 32.8 Å². The van der Waals surface area contributed by atoms with Gasteiger partial charge in [-0.3, -0.25) is 4.90 Å². The van der Waals surface area contributed by atoms with Gasteiger partial charge in [-0.15, -0.1) is 0 Å². The third kappa shape index (κ3) is 3.62. The quantitative estimate of drug-likeness (QED) is 0.844. The van der Waals surface area contributed by atoms with Crippen molar-refractivity contribution in [3.8, 4) is 0 Å². The molecule has 0 aromatic carbocycles. The monoisotopic (exact) mass is 294 g/mol.